The molecule has 26 heavy (non-hydrogen) atoms. The molecule has 1 aliphatic heterocycles. The summed E-state index contributed by atoms with van der Waals surface area (Å²) in [4.78, 5) is 12.8. The van der Waals surface area contributed by atoms with E-state index in [9.17, 15) is 18.0 Å². The molecular formula is C18H20F3N3O2. The van der Waals surface area contributed by atoms with Crippen molar-refractivity contribution in [3.63, 3.8) is 0 Å². The highest BCUT2D eigenvalue weighted by Gasteiger charge is 2.39. The maximum atomic E-state index is 13.1. The average molecular weight is 367 g/mol. The van der Waals surface area contributed by atoms with Gasteiger partial charge in [-0.25, -0.2) is 0 Å². The summed E-state index contributed by atoms with van der Waals surface area (Å²) in [5.41, 5.74) is 0.510. The Labute approximate surface area is 148 Å². The number of rotatable bonds is 3. The second kappa shape index (κ2) is 6.75. The van der Waals surface area contributed by atoms with E-state index in [0.29, 0.717) is 37.2 Å². The molecule has 1 aliphatic rings. The Bertz CT molecular complexity index is 808. The minimum absolute atomic E-state index is 0.250. The highest BCUT2D eigenvalue weighted by Crippen LogP contribution is 2.36. The van der Waals surface area contributed by atoms with E-state index < -0.39 is 23.2 Å². The molecule has 1 aromatic heterocycles. The summed E-state index contributed by atoms with van der Waals surface area (Å²) in [5.74, 6) is -0.411. The van der Waals surface area contributed by atoms with Crippen molar-refractivity contribution in [2.75, 3.05) is 13.2 Å². The zero-order chi connectivity index (χ0) is 18.9. The van der Waals surface area contributed by atoms with Crippen LogP contribution in [-0.2, 0) is 16.5 Å². The molecule has 0 atom stereocenters. The molecule has 2 N–H and O–H groups in total. The number of carbonyl (C=O) groups is 1. The third kappa shape index (κ3) is 3.46. The van der Waals surface area contributed by atoms with Gasteiger partial charge < -0.3 is 10.1 Å². The second-order valence-corrected chi connectivity index (χ2v) is 6.55. The van der Waals surface area contributed by atoms with Crippen LogP contribution in [0.4, 0.5) is 13.2 Å². The molecule has 8 heteroatoms. The molecule has 3 rings (SSSR count). The summed E-state index contributed by atoms with van der Waals surface area (Å²) in [7, 11) is 0. The summed E-state index contributed by atoms with van der Waals surface area (Å²) in [6.07, 6.45) is -3.66. The number of aromatic amines is 1. The molecule has 140 valence electrons. The predicted octanol–water partition coefficient (Wildman–Crippen LogP) is 3.48. The van der Waals surface area contributed by atoms with E-state index in [4.69, 9.17) is 4.74 Å². The third-order valence-corrected chi connectivity index (χ3v) is 4.91. The van der Waals surface area contributed by atoms with Crippen LogP contribution in [0, 0.1) is 13.8 Å². The van der Waals surface area contributed by atoms with Gasteiger partial charge in [0, 0.05) is 24.5 Å². The Kier molecular flexibility index (Phi) is 4.79. The van der Waals surface area contributed by atoms with E-state index in [-0.39, 0.29) is 5.69 Å². The fourth-order valence-corrected chi connectivity index (χ4v) is 3.18. The van der Waals surface area contributed by atoms with Crippen molar-refractivity contribution in [3.8, 4) is 0 Å². The Balaban J connectivity index is 1.97. The second-order valence-electron chi connectivity index (χ2n) is 6.55. The first-order valence-electron chi connectivity index (χ1n) is 8.32. The molecule has 1 aromatic carbocycles. The van der Waals surface area contributed by atoms with Gasteiger partial charge in [-0.15, -0.1) is 0 Å². The number of ether oxygens (including phenoxy) is 1. The van der Waals surface area contributed by atoms with Crippen LogP contribution in [0.15, 0.2) is 24.3 Å². The maximum Gasteiger partial charge on any atom is 0.416 e. The summed E-state index contributed by atoms with van der Waals surface area (Å²) in [6.45, 7) is 4.29. The van der Waals surface area contributed by atoms with Crippen molar-refractivity contribution in [3.05, 3.63) is 52.3 Å². The van der Waals surface area contributed by atoms with E-state index in [1.165, 1.54) is 6.07 Å². The number of aromatic nitrogens is 2. The Morgan fingerprint density at radius 3 is 2.54 bits per heavy atom. The minimum Gasteiger partial charge on any atom is -0.381 e. The molecule has 0 bridgehead atoms. The van der Waals surface area contributed by atoms with E-state index in [1.807, 2.05) is 0 Å². The first-order chi connectivity index (χ1) is 12.2. The number of alkyl halides is 3. The van der Waals surface area contributed by atoms with Crippen LogP contribution >= 0.6 is 0 Å². The van der Waals surface area contributed by atoms with Crippen molar-refractivity contribution in [2.24, 2.45) is 0 Å². The fourth-order valence-electron chi connectivity index (χ4n) is 3.18. The Morgan fingerprint density at radius 2 is 1.96 bits per heavy atom. The van der Waals surface area contributed by atoms with Gasteiger partial charge >= 0.3 is 6.18 Å². The van der Waals surface area contributed by atoms with Crippen LogP contribution < -0.4 is 5.32 Å². The Hall–Kier alpha value is -2.35. The molecule has 5 nitrogen and oxygen atoms in total. The quantitative estimate of drug-likeness (QED) is 0.873. The van der Waals surface area contributed by atoms with Gasteiger partial charge in [-0.3, -0.25) is 9.89 Å². The van der Waals surface area contributed by atoms with Gasteiger partial charge in [0.15, 0.2) is 5.69 Å². The number of nitrogens with zero attached hydrogens (tertiary/aromatic N) is 1. The van der Waals surface area contributed by atoms with Crippen LogP contribution in [-0.4, -0.2) is 29.3 Å². The molecule has 1 fully saturated rings. The smallest absolute Gasteiger partial charge is 0.381 e. The van der Waals surface area contributed by atoms with Gasteiger partial charge in [0.05, 0.1) is 11.1 Å². The molecule has 1 amide bonds. The number of halogens is 3. The molecule has 0 spiro atoms. The number of carbonyl (C=O) groups excluding carboxylic acids is 1. The van der Waals surface area contributed by atoms with E-state index in [0.717, 1.165) is 17.8 Å². The minimum atomic E-state index is -4.44. The molecule has 0 saturated carbocycles. The number of aryl methyl sites for hydroxylation is 1. The van der Waals surface area contributed by atoms with Crippen molar-refractivity contribution < 1.29 is 22.7 Å². The van der Waals surface area contributed by atoms with Gasteiger partial charge in [0.25, 0.3) is 5.91 Å². The van der Waals surface area contributed by atoms with Crippen molar-refractivity contribution >= 4 is 5.91 Å². The predicted molar refractivity (Wildman–Crippen MR) is 88.7 cm³/mol. The lowest BCUT2D eigenvalue weighted by Crippen LogP contribution is -2.49. The lowest BCUT2D eigenvalue weighted by molar-refractivity contribution is -0.137. The summed E-state index contributed by atoms with van der Waals surface area (Å²) < 4.78 is 44.7. The fraction of sp³-hybridized carbons (Fsp3) is 0.444. The van der Waals surface area contributed by atoms with E-state index in [2.05, 4.69) is 15.5 Å². The zero-order valence-electron chi connectivity index (χ0n) is 14.5. The average Bonchev–Trinajstić information content (AvgIpc) is 2.94. The molecule has 2 aromatic rings. The van der Waals surface area contributed by atoms with Gasteiger partial charge in [-0.05, 0) is 44.4 Å². The first-order valence-corrected chi connectivity index (χ1v) is 8.32. The maximum absolute atomic E-state index is 13.1. The van der Waals surface area contributed by atoms with Crippen LogP contribution in [0.2, 0.25) is 0 Å². The van der Waals surface area contributed by atoms with Crippen molar-refractivity contribution in [2.45, 2.75) is 38.4 Å². The summed E-state index contributed by atoms with van der Waals surface area (Å²) in [5, 5.41) is 9.70. The number of benzene rings is 1. The molecule has 0 radical (unpaired) electrons. The lowest BCUT2D eigenvalue weighted by atomic mass is 9.81. The number of H-pyrrole nitrogens is 1. The van der Waals surface area contributed by atoms with Gasteiger partial charge in [0.1, 0.15) is 0 Å². The molecule has 0 aliphatic carbocycles. The van der Waals surface area contributed by atoms with Crippen molar-refractivity contribution in [1.29, 1.82) is 0 Å². The molecular weight excluding hydrogens is 347 g/mol. The number of hydrogen-bond acceptors (Lipinski definition) is 3. The summed E-state index contributed by atoms with van der Waals surface area (Å²) >= 11 is 0. The van der Waals surface area contributed by atoms with Gasteiger partial charge in [-0.2, -0.15) is 18.3 Å². The van der Waals surface area contributed by atoms with E-state index >= 15 is 0 Å². The molecule has 0 unspecified atom stereocenters. The normalized spacial score (nSPS) is 17.1. The topological polar surface area (TPSA) is 67.0 Å². The van der Waals surface area contributed by atoms with Gasteiger partial charge in [0.2, 0.25) is 0 Å². The largest absolute Gasteiger partial charge is 0.416 e. The molecule has 1 saturated heterocycles. The Morgan fingerprint density at radius 1 is 1.27 bits per heavy atom. The van der Waals surface area contributed by atoms with Crippen LogP contribution in [0.3, 0.4) is 0 Å². The van der Waals surface area contributed by atoms with E-state index in [1.54, 1.807) is 19.9 Å². The highest BCUT2D eigenvalue weighted by atomic mass is 19.4. The monoisotopic (exact) mass is 367 g/mol. The van der Waals surface area contributed by atoms with Crippen LogP contribution in [0.1, 0.15) is 45.7 Å². The first kappa shape index (κ1) is 18.4. The van der Waals surface area contributed by atoms with Gasteiger partial charge in [-0.1, -0.05) is 12.1 Å². The third-order valence-electron chi connectivity index (χ3n) is 4.91. The molecule has 2 heterocycles. The highest BCUT2D eigenvalue weighted by molar-refractivity contribution is 5.94. The van der Waals surface area contributed by atoms with Crippen LogP contribution in [0.5, 0.6) is 0 Å². The standard InChI is InChI=1S/C18H20F3N3O2/c1-11-12(2)23-24-15(11)16(25)22-17(6-8-26-9-7-17)13-4-3-5-14(10-13)18(19,20)21/h3-5,10H,6-9H2,1-2H3,(H,22,25)(H,23,24). The number of amides is 1. The van der Waals surface area contributed by atoms with Crippen LogP contribution in [0.25, 0.3) is 0 Å². The number of nitrogens with one attached hydrogen (secondary N) is 2. The SMILES string of the molecule is Cc1[nH]nc(C(=O)NC2(c3cccc(C(F)(F)F)c3)CCOCC2)c1C. The lowest BCUT2D eigenvalue weighted by Gasteiger charge is -2.38. The van der Waals surface area contributed by atoms with Crippen molar-refractivity contribution in [1.82, 2.24) is 15.5 Å². The summed E-state index contributed by atoms with van der Waals surface area (Å²) in [6, 6.07) is 5.11. The number of hydrogen-bond donors (Lipinski definition) is 2. The zero-order valence-corrected chi connectivity index (χ0v) is 14.5.